The molecule has 0 saturated heterocycles. The highest BCUT2D eigenvalue weighted by Gasteiger charge is 2.07. The molecular formula is C18H19N3OS. The van der Waals surface area contributed by atoms with E-state index in [2.05, 4.69) is 26.8 Å². The van der Waals surface area contributed by atoms with Crippen LogP contribution in [0.4, 0.5) is 5.13 Å². The zero-order chi connectivity index (χ0) is 15.9. The van der Waals surface area contributed by atoms with Crippen molar-refractivity contribution in [2.45, 2.75) is 20.1 Å². The van der Waals surface area contributed by atoms with Crippen molar-refractivity contribution < 1.29 is 4.74 Å². The minimum atomic E-state index is 0.639. The Morgan fingerprint density at radius 3 is 2.52 bits per heavy atom. The van der Waals surface area contributed by atoms with Gasteiger partial charge in [-0.25, -0.2) is 0 Å². The number of ether oxygens (including phenoxy) is 1. The zero-order valence-corrected chi connectivity index (χ0v) is 13.8. The van der Waals surface area contributed by atoms with Gasteiger partial charge in [-0.3, -0.25) is 0 Å². The smallest absolute Gasteiger partial charge is 0.203 e. The summed E-state index contributed by atoms with van der Waals surface area (Å²) in [4.78, 5) is 4.55. The van der Waals surface area contributed by atoms with Crippen molar-refractivity contribution in [2.24, 2.45) is 0 Å². The summed E-state index contributed by atoms with van der Waals surface area (Å²) >= 11 is 1.38. The van der Waals surface area contributed by atoms with Crippen LogP contribution < -0.4 is 5.32 Å². The molecule has 0 aliphatic carbocycles. The number of hydrogen-bond donors (Lipinski definition) is 1. The van der Waals surface area contributed by atoms with E-state index in [4.69, 9.17) is 4.74 Å². The Kier molecular flexibility index (Phi) is 5.34. The van der Waals surface area contributed by atoms with Gasteiger partial charge in [-0.2, -0.15) is 9.36 Å². The Morgan fingerprint density at radius 1 is 1.00 bits per heavy atom. The van der Waals surface area contributed by atoms with Crippen molar-refractivity contribution in [2.75, 3.05) is 11.9 Å². The number of anilines is 1. The fourth-order valence-corrected chi connectivity index (χ4v) is 2.84. The van der Waals surface area contributed by atoms with Gasteiger partial charge >= 0.3 is 0 Å². The molecule has 23 heavy (non-hydrogen) atoms. The number of rotatable bonds is 7. The van der Waals surface area contributed by atoms with Crippen molar-refractivity contribution in [3.63, 3.8) is 0 Å². The highest BCUT2D eigenvalue weighted by atomic mass is 32.1. The second-order valence-electron chi connectivity index (χ2n) is 5.05. The third-order valence-electron chi connectivity index (χ3n) is 3.47. The Bertz CT molecular complexity index is 743. The lowest BCUT2D eigenvalue weighted by Gasteiger charge is -2.09. The van der Waals surface area contributed by atoms with E-state index in [9.17, 15) is 0 Å². The molecule has 0 aliphatic heterocycles. The SMILES string of the molecule is CCOCc1ccccc1CNc1nc(-c2ccccc2)ns1. The summed E-state index contributed by atoms with van der Waals surface area (Å²) in [5.74, 6) is 0.765. The molecule has 0 bridgehead atoms. The van der Waals surface area contributed by atoms with Gasteiger partial charge in [0.1, 0.15) is 0 Å². The van der Waals surface area contributed by atoms with Crippen LogP contribution in [0.5, 0.6) is 0 Å². The fourth-order valence-electron chi connectivity index (χ4n) is 2.25. The molecule has 5 heteroatoms. The van der Waals surface area contributed by atoms with Crippen LogP contribution in [-0.2, 0) is 17.9 Å². The van der Waals surface area contributed by atoms with Gasteiger partial charge in [-0.05, 0) is 18.1 Å². The predicted octanol–water partition coefficient (Wildman–Crippen LogP) is 4.35. The molecule has 118 valence electrons. The van der Waals surface area contributed by atoms with E-state index in [1.54, 1.807) is 0 Å². The normalized spacial score (nSPS) is 10.7. The van der Waals surface area contributed by atoms with Crippen LogP contribution in [0.2, 0.25) is 0 Å². The van der Waals surface area contributed by atoms with Crippen LogP contribution in [0.15, 0.2) is 54.6 Å². The summed E-state index contributed by atoms with van der Waals surface area (Å²) in [6.07, 6.45) is 0. The van der Waals surface area contributed by atoms with E-state index in [1.165, 1.54) is 22.7 Å². The highest BCUT2D eigenvalue weighted by molar-refractivity contribution is 7.09. The molecular weight excluding hydrogens is 306 g/mol. The Labute approximate surface area is 140 Å². The molecule has 4 nitrogen and oxygen atoms in total. The second-order valence-corrected chi connectivity index (χ2v) is 5.80. The van der Waals surface area contributed by atoms with Gasteiger partial charge in [0.2, 0.25) is 5.13 Å². The van der Waals surface area contributed by atoms with Crippen molar-refractivity contribution in [3.8, 4) is 11.4 Å². The predicted molar refractivity (Wildman–Crippen MR) is 94.4 cm³/mol. The van der Waals surface area contributed by atoms with Crippen molar-refractivity contribution in [1.29, 1.82) is 0 Å². The van der Waals surface area contributed by atoms with E-state index in [-0.39, 0.29) is 0 Å². The third-order valence-corrected chi connectivity index (χ3v) is 4.14. The fraction of sp³-hybridized carbons (Fsp3) is 0.222. The first-order valence-electron chi connectivity index (χ1n) is 7.64. The maximum atomic E-state index is 5.52. The third kappa shape index (κ3) is 4.15. The molecule has 0 spiro atoms. The topological polar surface area (TPSA) is 47.0 Å². The largest absolute Gasteiger partial charge is 0.377 e. The summed E-state index contributed by atoms with van der Waals surface area (Å²) in [5, 5.41) is 4.19. The molecule has 0 amide bonds. The van der Waals surface area contributed by atoms with Gasteiger partial charge in [-0.15, -0.1) is 0 Å². The van der Waals surface area contributed by atoms with Crippen LogP contribution in [0.3, 0.4) is 0 Å². The molecule has 0 aliphatic rings. The molecule has 0 radical (unpaired) electrons. The molecule has 0 unspecified atom stereocenters. The minimum Gasteiger partial charge on any atom is -0.377 e. The summed E-state index contributed by atoms with van der Waals surface area (Å²) in [6, 6.07) is 18.3. The quantitative estimate of drug-likeness (QED) is 0.701. The first kappa shape index (κ1) is 15.6. The summed E-state index contributed by atoms with van der Waals surface area (Å²) in [7, 11) is 0. The van der Waals surface area contributed by atoms with Crippen LogP contribution in [0.1, 0.15) is 18.1 Å². The van der Waals surface area contributed by atoms with Crippen LogP contribution in [0.25, 0.3) is 11.4 Å². The van der Waals surface area contributed by atoms with Gasteiger partial charge in [0.15, 0.2) is 5.82 Å². The maximum Gasteiger partial charge on any atom is 0.203 e. The maximum absolute atomic E-state index is 5.52. The Hall–Kier alpha value is -2.24. The highest BCUT2D eigenvalue weighted by Crippen LogP contribution is 2.21. The number of nitrogens with one attached hydrogen (secondary N) is 1. The second kappa shape index (κ2) is 7.85. The van der Waals surface area contributed by atoms with E-state index in [1.807, 2.05) is 49.4 Å². The molecule has 3 aromatic rings. The monoisotopic (exact) mass is 325 g/mol. The summed E-state index contributed by atoms with van der Waals surface area (Å²) < 4.78 is 9.94. The molecule has 2 aromatic carbocycles. The lowest BCUT2D eigenvalue weighted by molar-refractivity contribution is 0.133. The van der Waals surface area contributed by atoms with Crippen LogP contribution in [0, 0.1) is 0 Å². The molecule has 0 fully saturated rings. The molecule has 1 heterocycles. The van der Waals surface area contributed by atoms with Crippen molar-refractivity contribution in [1.82, 2.24) is 9.36 Å². The average molecular weight is 325 g/mol. The molecule has 0 saturated carbocycles. The number of aromatic nitrogens is 2. The van der Waals surface area contributed by atoms with E-state index >= 15 is 0 Å². The average Bonchev–Trinajstić information content (AvgIpc) is 3.08. The first-order valence-corrected chi connectivity index (χ1v) is 8.41. The standard InChI is InChI=1S/C18H19N3OS/c1-2-22-13-16-11-7-6-10-15(16)12-19-18-20-17(21-23-18)14-8-4-3-5-9-14/h3-11H,2,12-13H2,1H3,(H,19,20,21). The molecule has 1 aromatic heterocycles. The van der Waals surface area contributed by atoms with Gasteiger partial charge in [0, 0.05) is 30.2 Å². The van der Waals surface area contributed by atoms with Gasteiger partial charge in [-0.1, -0.05) is 54.6 Å². The van der Waals surface area contributed by atoms with Crippen LogP contribution in [-0.4, -0.2) is 16.0 Å². The Morgan fingerprint density at radius 2 is 1.74 bits per heavy atom. The molecule has 1 N–H and O–H groups in total. The van der Waals surface area contributed by atoms with Crippen molar-refractivity contribution >= 4 is 16.7 Å². The molecule has 0 atom stereocenters. The van der Waals surface area contributed by atoms with Gasteiger partial charge < -0.3 is 10.1 Å². The summed E-state index contributed by atoms with van der Waals surface area (Å²) in [6.45, 7) is 4.08. The Balaban J connectivity index is 1.66. The lowest BCUT2D eigenvalue weighted by atomic mass is 10.1. The van der Waals surface area contributed by atoms with Crippen LogP contribution >= 0.6 is 11.5 Å². The number of nitrogens with zero attached hydrogens (tertiary/aromatic N) is 2. The van der Waals surface area contributed by atoms with E-state index in [0.717, 1.165) is 23.1 Å². The van der Waals surface area contributed by atoms with Gasteiger partial charge in [0.05, 0.1) is 6.61 Å². The van der Waals surface area contributed by atoms with Gasteiger partial charge in [0.25, 0.3) is 0 Å². The minimum absolute atomic E-state index is 0.639. The van der Waals surface area contributed by atoms with E-state index < -0.39 is 0 Å². The summed E-state index contributed by atoms with van der Waals surface area (Å²) in [5.41, 5.74) is 3.46. The lowest BCUT2D eigenvalue weighted by Crippen LogP contribution is -2.04. The first-order chi connectivity index (χ1) is 11.4. The van der Waals surface area contributed by atoms with E-state index in [0.29, 0.717) is 13.2 Å². The zero-order valence-electron chi connectivity index (χ0n) is 13.0. The number of benzene rings is 2. The molecule has 3 rings (SSSR count). The number of hydrogen-bond acceptors (Lipinski definition) is 5. The van der Waals surface area contributed by atoms with Crippen molar-refractivity contribution in [3.05, 3.63) is 65.7 Å².